The third kappa shape index (κ3) is 4.03. The van der Waals surface area contributed by atoms with Gasteiger partial charge in [-0.3, -0.25) is 0 Å². The van der Waals surface area contributed by atoms with Crippen LogP contribution < -0.4 is 4.74 Å². The number of ether oxygens (including phenoxy) is 2. The van der Waals surface area contributed by atoms with Gasteiger partial charge < -0.3 is 9.47 Å². The van der Waals surface area contributed by atoms with E-state index in [9.17, 15) is 21.6 Å². The fourth-order valence-electron chi connectivity index (χ4n) is 3.08. The number of fused-ring (bicyclic) bond motifs is 1. The van der Waals surface area contributed by atoms with Crippen molar-refractivity contribution in [3.63, 3.8) is 0 Å². The highest BCUT2D eigenvalue weighted by Crippen LogP contribution is 2.64. The molecular formula is C17H19F3O5S2. The first kappa shape index (κ1) is 20.2. The van der Waals surface area contributed by atoms with Crippen molar-refractivity contribution < 1.29 is 34.7 Å². The molecule has 27 heavy (non-hydrogen) atoms. The number of rotatable bonds is 6. The molecule has 3 rings (SSSR count). The molecule has 10 heteroatoms. The van der Waals surface area contributed by atoms with Crippen molar-refractivity contribution in [3.05, 3.63) is 36.4 Å². The molecule has 0 atom stereocenters. The van der Waals surface area contributed by atoms with Gasteiger partial charge in [0.25, 0.3) is 0 Å². The maximum atomic E-state index is 12.9. The number of benzene rings is 2. The van der Waals surface area contributed by atoms with Crippen LogP contribution in [0.25, 0.3) is 10.8 Å². The van der Waals surface area contributed by atoms with Gasteiger partial charge in [0.1, 0.15) is 5.75 Å². The molecule has 150 valence electrons. The molecule has 0 aromatic heterocycles. The van der Waals surface area contributed by atoms with Gasteiger partial charge in [0.15, 0.2) is 6.79 Å². The van der Waals surface area contributed by atoms with Crippen molar-refractivity contribution in [1.82, 2.24) is 0 Å². The van der Waals surface area contributed by atoms with Gasteiger partial charge in [-0.25, -0.2) is 3.63 Å². The smallest absolute Gasteiger partial charge is 0.468 e. The third-order valence-corrected chi connectivity index (χ3v) is 9.64. The van der Waals surface area contributed by atoms with Crippen molar-refractivity contribution in [2.24, 2.45) is 0 Å². The number of hydrogen-bond donors (Lipinski definition) is 0. The van der Waals surface area contributed by atoms with E-state index in [0.29, 0.717) is 28.9 Å². The van der Waals surface area contributed by atoms with Crippen molar-refractivity contribution in [2.45, 2.75) is 23.2 Å². The molecular weight excluding hydrogens is 405 g/mol. The summed E-state index contributed by atoms with van der Waals surface area (Å²) in [7, 11) is -6.80. The maximum absolute atomic E-state index is 12.9. The monoisotopic (exact) mass is 424 g/mol. The summed E-state index contributed by atoms with van der Waals surface area (Å²) >= 11 is 0. The average molecular weight is 424 g/mol. The predicted octanol–water partition coefficient (Wildman–Crippen LogP) is 4.56. The Morgan fingerprint density at radius 1 is 1.11 bits per heavy atom. The normalized spacial score (nSPS) is 18.5. The SMILES string of the molecule is COCOc1ccc2c(S3(OS(=O)(=O)C(F)(F)F)CCCC3)cccc2c1. The minimum atomic E-state index is -5.68. The van der Waals surface area contributed by atoms with E-state index in [-0.39, 0.29) is 18.3 Å². The molecule has 1 saturated heterocycles. The van der Waals surface area contributed by atoms with E-state index in [2.05, 4.69) is 0 Å². The van der Waals surface area contributed by atoms with Crippen molar-refractivity contribution in [2.75, 3.05) is 25.4 Å². The highest BCUT2D eigenvalue weighted by molar-refractivity contribution is 8.33. The largest absolute Gasteiger partial charge is 0.523 e. The molecule has 0 unspecified atom stereocenters. The molecule has 0 N–H and O–H groups in total. The molecule has 0 amide bonds. The lowest BCUT2D eigenvalue weighted by molar-refractivity contribution is -0.0496. The average Bonchev–Trinajstić information content (AvgIpc) is 3.07. The van der Waals surface area contributed by atoms with Crippen LogP contribution in [0.1, 0.15) is 12.8 Å². The van der Waals surface area contributed by atoms with E-state index >= 15 is 0 Å². The van der Waals surface area contributed by atoms with Crippen LogP contribution in [0.5, 0.6) is 5.75 Å². The Morgan fingerprint density at radius 3 is 2.44 bits per heavy atom. The summed E-state index contributed by atoms with van der Waals surface area (Å²) in [5, 5.41) is 1.39. The van der Waals surface area contributed by atoms with Crippen molar-refractivity contribution >= 4 is 31.2 Å². The molecule has 1 aliphatic rings. The second kappa shape index (κ2) is 7.50. The van der Waals surface area contributed by atoms with Crippen LogP contribution in [0.4, 0.5) is 13.2 Å². The number of alkyl halides is 3. The van der Waals surface area contributed by atoms with E-state index in [1.54, 1.807) is 36.4 Å². The fourth-order valence-corrected chi connectivity index (χ4v) is 8.50. The topological polar surface area (TPSA) is 61.8 Å². The van der Waals surface area contributed by atoms with Crippen molar-refractivity contribution in [3.8, 4) is 5.75 Å². The Kier molecular flexibility index (Phi) is 5.62. The van der Waals surface area contributed by atoms with Gasteiger partial charge in [0, 0.05) is 23.5 Å². The Labute approximate surface area is 157 Å². The summed E-state index contributed by atoms with van der Waals surface area (Å²) in [6, 6.07) is 10.3. The first-order valence-corrected chi connectivity index (χ1v) is 11.4. The van der Waals surface area contributed by atoms with Gasteiger partial charge in [0.05, 0.1) is 0 Å². The van der Waals surface area contributed by atoms with E-state index in [1.165, 1.54) is 7.11 Å². The van der Waals surface area contributed by atoms with E-state index in [1.807, 2.05) is 0 Å². The Morgan fingerprint density at radius 2 is 1.81 bits per heavy atom. The van der Waals surface area contributed by atoms with Crippen LogP contribution in [0, 0.1) is 0 Å². The molecule has 2 aromatic rings. The van der Waals surface area contributed by atoms with E-state index < -0.39 is 25.9 Å². The quantitative estimate of drug-likeness (QED) is 0.503. The minimum absolute atomic E-state index is 0.0628. The summed E-state index contributed by atoms with van der Waals surface area (Å²) in [5.41, 5.74) is -5.44. The van der Waals surface area contributed by atoms with E-state index in [4.69, 9.17) is 13.1 Å². The van der Waals surface area contributed by atoms with Gasteiger partial charge in [-0.1, -0.05) is 22.4 Å². The Balaban J connectivity index is 2.07. The Hall–Kier alpha value is -1.49. The van der Waals surface area contributed by atoms with Gasteiger partial charge >= 0.3 is 15.6 Å². The van der Waals surface area contributed by atoms with Gasteiger partial charge in [0.2, 0.25) is 0 Å². The summed E-state index contributed by atoms with van der Waals surface area (Å²) in [5.74, 6) is 1.10. The van der Waals surface area contributed by atoms with Crippen LogP contribution in [0.2, 0.25) is 0 Å². The lowest BCUT2D eigenvalue weighted by Gasteiger charge is -2.35. The highest BCUT2D eigenvalue weighted by Gasteiger charge is 2.52. The molecule has 2 aromatic carbocycles. The molecule has 5 nitrogen and oxygen atoms in total. The lowest BCUT2D eigenvalue weighted by Crippen LogP contribution is -2.27. The van der Waals surface area contributed by atoms with Crippen LogP contribution in [0.15, 0.2) is 41.3 Å². The summed E-state index contributed by atoms with van der Waals surface area (Å²) in [6.45, 7) is 0.0628. The summed E-state index contributed by atoms with van der Waals surface area (Å²) < 4.78 is 77.4. The maximum Gasteiger partial charge on any atom is 0.523 e. The molecule has 0 radical (unpaired) electrons. The third-order valence-electron chi connectivity index (χ3n) is 4.26. The van der Waals surface area contributed by atoms with Gasteiger partial charge in [-0.2, -0.15) is 21.6 Å². The standard InChI is InChI=1S/C17H19F3O5S2/c1-23-12-24-14-7-8-15-13(11-14)5-4-6-16(15)26(9-2-3-10-26)25-27(21,22)17(18,19)20/h4-8,11H,2-3,9-10,12H2,1H3. The number of hydrogen-bond acceptors (Lipinski definition) is 5. The molecule has 1 aliphatic heterocycles. The van der Waals surface area contributed by atoms with E-state index in [0.717, 1.165) is 5.39 Å². The molecule has 0 saturated carbocycles. The minimum Gasteiger partial charge on any atom is -0.468 e. The van der Waals surface area contributed by atoms with Gasteiger partial charge in [-0.15, -0.1) is 0 Å². The molecule has 1 heterocycles. The Bertz CT molecular complexity index is 922. The number of methoxy groups -OCH3 is 1. The summed E-state index contributed by atoms with van der Waals surface area (Å²) in [6.07, 6.45) is 1.24. The first-order chi connectivity index (χ1) is 12.7. The molecule has 1 fully saturated rings. The highest BCUT2D eigenvalue weighted by atomic mass is 32.3. The van der Waals surface area contributed by atoms with Gasteiger partial charge in [-0.05, 0) is 47.9 Å². The molecule has 0 spiro atoms. The van der Waals surface area contributed by atoms with Crippen LogP contribution in [-0.2, 0) is 18.5 Å². The van der Waals surface area contributed by atoms with Crippen LogP contribution >= 0.6 is 10.3 Å². The molecule has 0 aliphatic carbocycles. The second-order valence-corrected chi connectivity index (χ2v) is 10.9. The fraction of sp³-hybridized carbons (Fsp3) is 0.412. The summed E-state index contributed by atoms with van der Waals surface area (Å²) in [4.78, 5) is 0.517. The number of halogens is 3. The molecule has 0 bridgehead atoms. The lowest BCUT2D eigenvalue weighted by atomic mass is 10.1. The zero-order valence-electron chi connectivity index (χ0n) is 14.5. The zero-order valence-corrected chi connectivity index (χ0v) is 16.1. The predicted molar refractivity (Wildman–Crippen MR) is 97.3 cm³/mol. The van der Waals surface area contributed by atoms with Crippen molar-refractivity contribution in [1.29, 1.82) is 0 Å². The van der Waals surface area contributed by atoms with Crippen LogP contribution in [-0.4, -0.2) is 39.3 Å². The zero-order chi connectivity index (χ0) is 19.7. The van der Waals surface area contributed by atoms with Crippen LogP contribution in [0.3, 0.4) is 0 Å². The first-order valence-electron chi connectivity index (χ1n) is 8.14. The second-order valence-electron chi connectivity index (χ2n) is 6.09.